The van der Waals surface area contributed by atoms with Crippen molar-refractivity contribution in [2.75, 3.05) is 6.54 Å². The third-order valence-electron chi connectivity index (χ3n) is 3.19. The predicted octanol–water partition coefficient (Wildman–Crippen LogP) is 1.79. The Morgan fingerprint density at radius 3 is 2.32 bits per heavy atom. The van der Waals surface area contributed by atoms with E-state index in [0.717, 1.165) is 4.90 Å². The van der Waals surface area contributed by atoms with Crippen molar-refractivity contribution >= 4 is 17.6 Å². The summed E-state index contributed by atoms with van der Waals surface area (Å²) in [5.41, 5.74) is -0.466. The zero-order valence-electron chi connectivity index (χ0n) is 10.8. The van der Waals surface area contributed by atoms with E-state index in [0.29, 0.717) is 0 Å². The Bertz CT molecular complexity index is 548. The van der Waals surface area contributed by atoms with Gasteiger partial charge in [-0.2, -0.15) is 0 Å². The molecule has 0 unspecified atom stereocenters. The Morgan fingerprint density at radius 1 is 1.26 bits per heavy atom. The van der Waals surface area contributed by atoms with Gasteiger partial charge in [-0.15, -0.1) is 0 Å². The minimum absolute atomic E-state index is 0.114. The van der Waals surface area contributed by atoms with Crippen LogP contribution in [0.15, 0.2) is 24.3 Å². The van der Waals surface area contributed by atoms with E-state index in [4.69, 9.17) is 0 Å². The Labute approximate surface area is 110 Å². The highest BCUT2D eigenvalue weighted by Gasteiger charge is 2.45. The smallest absolute Gasteiger partial charge is 0.235 e. The number of nitrogens with zero attached hydrogens (tertiary/aromatic N) is 1. The molecule has 19 heavy (non-hydrogen) atoms. The number of rotatable bonds is 3. The monoisotopic (exact) mass is 263 g/mol. The summed E-state index contributed by atoms with van der Waals surface area (Å²) in [7, 11) is 0. The number of hydrogen-bond acceptors (Lipinski definition) is 3. The maximum Gasteiger partial charge on any atom is 0.235 e. The predicted molar refractivity (Wildman–Crippen MR) is 65.8 cm³/mol. The van der Waals surface area contributed by atoms with Gasteiger partial charge in [0.2, 0.25) is 11.8 Å². The van der Waals surface area contributed by atoms with E-state index < -0.39 is 11.2 Å². The second-order valence-electron chi connectivity index (χ2n) is 5.28. The number of carbonyl (C=O) groups is 3. The van der Waals surface area contributed by atoms with Crippen molar-refractivity contribution in [1.29, 1.82) is 0 Å². The van der Waals surface area contributed by atoms with Crippen LogP contribution in [-0.4, -0.2) is 29.0 Å². The first-order valence-corrected chi connectivity index (χ1v) is 5.95. The first-order valence-electron chi connectivity index (χ1n) is 5.95. The number of halogens is 1. The molecule has 1 aliphatic heterocycles. The van der Waals surface area contributed by atoms with Crippen LogP contribution in [0.25, 0.3) is 0 Å². The van der Waals surface area contributed by atoms with Gasteiger partial charge in [0, 0.05) is 12.0 Å². The number of benzene rings is 1. The number of likely N-dealkylation sites (tertiary alicyclic amines) is 1. The summed E-state index contributed by atoms with van der Waals surface area (Å²) in [6, 6.07) is 5.03. The van der Waals surface area contributed by atoms with Gasteiger partial charge in [-0.25, -0.2) is 4.39 Å². The molecule has 5 heteroatoms. The third kappa shape index (κ3) is 2.54. The van der Waals surface area contributed by atoms with Crippen LogP contribution in [-0.2, 0) is 9.59 Å². The summed E-state index contributed by atoms with van der Waals surface area (Å²) in [5.74, 6) is -1.50. The molecular formula is C14H14FNO3. The SMILES string of the molecule is CC1(C)CC(=O)N(CC(=O)c2ccc(F)cc2)C1=O. The van der Waals surface area contributed by atoms with Gasteiger partial charge >= 0.3 is 0 Å². The van der Waals surface area contributed by atoms with Gasteiger partial charge < -0.3 is 0 Å². The van der Waals surface area contributed by atoms with E-state index in [-0.39, 0.29) is 36.1 Å². The van der Waals surface area contributed by atoms with Crippen LogP contribution in [0.2, 0.25) is 0 Å². The van der Waals surface area contributed by atoms with Crippen LogP contribution >= 0.6 is 0 Å². The van der Waals surface area contributed by atoms with E-state index in [1.165, 1.54) is 24.3 Å². The van der Waals surface area contributed by atoms with Crippen molar-refractivity contribution in [3.05, 3.63) is 35.6 Å². The van der Waals surface area contributed by atoms with Gasteiger partial charge in [0.15, 0.2) is 5.78 Å². The van der Waals surface area contributed by atoms with Crippen LogP contribution in [0, 0.1) is 11.2 Å². The minimum atomic E-state index is -0.750. The molecule has 1 saturated heterocycles. The number of amides is 2. The van der Waals surface area contributed by atoms with Crippen LogP contribution in [0.1, 0.15) is 30.6 Å². The fourth-order valence-corrected chi connectivity index (χ4v) is 2.06. The van der Waals surface area contributed by atoms with Gasteiger partial charge in [0.25, 0.3) is 0 Å². The molecule has 1 aliphatic rings. The number of imide groups is 1. The normalized spacial score (nSPS) is 17.9. The molecule has 4 nitrogen and oxygen atoms in total. The number of Topliss-reactive ketones (excluding diaryl/α,β-unsaturated/α-hetero) is 1. The molecule has 0 radical (unpaired) electrons. The lowest BCUT2D eigenvalue weighted by atomic mass is 9.92. The van der Waals surface area contributed by atoms with Crippen molar-refractivity contribution in [2.24, 2.45) is 5.41 Å². The highest BCUT2D eigenvalue weighted by molar-refractivity contribution is 6.10. The standard InChI is InChI=1S/C14H14FNO3/c1-14(2)7-12(18)16(13(14)19)8-11(17)9-3-5-10(15)6-4-9/h3-6H,7-8H2,1-2H3. The second-order valence-corrected chi connectivity index (χ2v) is 5.28. The van der Waals surface area contributed by atoms with Crippen LogP contribution in [0.5, 0.6) is 0 Å². The van der Waals surface area contributed by atoms with Crippen LogP contribution in [0.3, 0.4) is 0 Å². The molecule has 2 rings (SSSR count). The molecule has 1 heterocycles. The molecule has 0 bridgehead atoms. The first kappa shape index (κ1) is 13.4. The Balaban J connectivity index is 2.14. The summed E-state index contributed by atoms with van der Waals surface area (Å²) in [6.07, 6.45) is 0.114. The van der Waals surface area contributed by atoms with Crippen molar-refractivity contribution in [3.63, 3.8) is 0 Å². The molecule has 0 spiro atoms. The Kier molecular flexibility index (Phi) is 3.22. The lowest BCUT2D eigenvalue weighted by Crippen LogP contribution is -2.37. The maximum atomic E-state index is 12.8. The van der Waals surface area contributed by atoms with E-state index in [1.54, 1.807) is 13.8 Å². The summed E-state index contributed by atoms with van der Waals surface area (Å²) >= 11 is 0. The molecular weight excluding hydrogens is 249 g/mol. The van der Waals surface area contributed by atoms with Gasteiger partial charge in [-0.05, 0) is 24.3 Å². The second kappa shape index (κ2) is 4.57. The van der Waals surface area contributed by atoms with Crippen LogP contribution < -0.4 is 0 Å². The number of carbonyl (C=O) groups excluding carboxylic acids is 3. The van der Waals surface area contributed by atoms with E-state index in [9.17, 15) is 18.8 Å². The molecule has 1 fully saturated rings. The number of hydrogen-bond donors (Lipinski definition) is 0. The maximum absolute atomic E-state index is 12.8. The zero-order valence-corrected chi connectivity index (χ0v) is 10.8. The lowest BCUT2D eigenvalue weighted by molar-refractivity contribution is -0.140. The topological polar surface area (TPSA) is 54.5 Å². The molecule has 100 valence electrons. The molecule has 0 N–H and O–H groups in total. The molecule has 1 aromatic rings. The fourth-order valence-electron chi connectivity index (χ4n) is 2.06. The van der Waals surface area contributed by atoms with Gasteiger partial charge in [0.1, 0.15) is 5.82 Å². The first-order chi connectivity index (χ1) is 8.81. The molecule has 0 atom stereocenters. The molecule has 1 aromatic carbocycles. The summed E-state index contributed by atoms with van der Waals surface area (Å²) < 4.78 is 12.8. The molecule has 0 aromatic heterocycles. The van der Waals surface area contributed by atoms with Crippen molar-refractivity contribution < 1.29 is 18.8 Å². The average Bonchev–Trinajstić information content (AvgIpc) is 2.52. The summed E-state index contributed by atoms with van der Waals surface area (Å²) in [5, 5.41) is 0. The molecule has 0 aliphatic carbocycles. The van der Waals surface area contributed by atoms with Gasteiger partial charge in [-0.1, -0.05) is 13.8 Å². The van der Waals surface area contributed by atoms with E-state index >= 15 is 0 Å². The Hall–Kier alpha value is -2.04. The largest absolute Gasteiger partial charge is 0.292 e. The fraction of sp³-hybridized carbons (Fsp3) is 0.357. The summed E-state index contributed by atoms with van der Waals surface area (Å²) in [4.78, 5) is 36.6. The zero-order chi connectivity index (χ0) is 14.2. The van der Waals surface area contributed by atoms with E-state index in [1.807, 2.05) is 0 Å². The van der Waals surface area contributed by atoms with E-state index in [2.05, 4.69) is 0 Å². The van der Waals surface area contributed by atoms with Crippen molar-refractivity contribution in [3.8, 4) is 0 Å². The quantitative estimate of drug-likeness (QED) is 0.617. The van der Waals surface area contributed by atoms with Crippen LogP contribution in [0.4, 0.5) is 4.39 Å². The minimum Gasteiger partial charge on any atom is -0.292 e. The number of ketones is 1. The molecule has 2 amide bonds. The summed E-state index contributed by atoms with van der Waals surface area (Å²) in [6.45, 7) is 3.07. The highest BCUT2D eigenvalue weighted by Crippen LogP contribution is 2.31. The lowest BCUT2D eigenvalue weighted by Gasteiger charge is -2.16. The van der Waals surface area contributed by atoms with Gasteiger partial charge in [0.05, 0.1) is 12.0 Å². The average molecular weight is 263 g/mol. The third-order valence-corrected chi connectivity index (χ3v) is 3.19. The molecule has 0 saturated carbocycles. The van der Waals surface area contributed by atoms with Gasteiger partial charge in [-0.3, -0.25) is 19.3 Å². The van der Waals surface area contributed by atoms with Crippen molar-refractivity contribution in [2.45, 2.75) is 20.3 Å². The Morgan fingerprint density at radius 2 is 1.84 bits per heavy atom. The van der Waals surface area contributed by atoms with Crippen molar-refractivity contribution in [1.82, 2.24) is 4.90 Å². The highest BCUT2D eigenvalue weighted by atomic mass is 19.1.